The van der Waals surface area contributed by atoms with E-state index in [4.69, 9.17) is 9.47 Å². The summed E-state index contributed by atoms with van der Waals surface area (Å²) in [7, 11) is 1.55. The molecule has 0 radical (unpaired) electrons. The zero-order chi connectivity index (χ0) is 22.9. The molecule has 1 fully saturated rings. The molecule has 1 aromatic heterocycles. The van der Waals surface area contributed by atoms with Crippen LogP contribution in [0.2, 0.25) is 0 Å². The highest BCUT2D eigenvalue weighted by Crippen LogP contribution is 2.29. The molecule has 2 N–H and O–H groups in total. The number of benzene rings is 1. The predicted octanol–water partition coefficient (Wildman–Crippen LogP) is 1.53. The molecule has 170 valence electrons. The van der Waals surface area contributed by atoms with Crippen LogP contribution in [0.5, 0.6) is 11.5 Å². The summed E-state index contributed by atoms with van der Waals surface area (Å²) in [4.78, 5) is 42.7. The summed E-state index contributed by atoms with van der Waals surface area (Å²) in [6.45, 7) is 2.88. The number of nitrogens with one attached hydrogen (secondary N) is 2. The van der Waals surface area contributed by atoms with Crippen LogP contribution in [0.1, 0.15) is 35.7 Å². The quantitative estimate of drug-likeness (QED) is 0.612. The first-order valence-corrected chi connectivity index (χ1v) is 10.6. The summed E-state index contributed by atoms with van der Waals surface area (Å²) < 4.78 is 11.5. The van der Waals surface area contributed by atoms with E-state index in [-0.39, 0.29) is 18.4 Å². The minimum Gasteiger partial charge on any atom is -0.490 e. The Morgan fingerprint density at radius 2 is 2.03 bits per heavy atom. The van der Waals surface area contributed by atoms with Crippen molar-refractivity contribution in [2.75, 3.05) is 26.7 Å². The Bertz CT molecular complexity index is 951. The normalized spacial score (nSPS) is 15.2. The molecular formula is C23H28N4O5. The number of hydrogen-bond acceptors (Lipinski definition) is 6. The average molecular weight is 441 g/mol. The number of amides is 3. The number of pyridine rings is 1. The van der Waals surface area contributed by atoms with Crippen molar-refractivity contribution in [3.8, 4) is 11.5 Å². The molecule has 1 aliphatic rings. The maximum atomic E-state index is 12.6. The number of hydrogen-bond donors (Lipinski definition) is 2. The first kappa shape index (κ1) is 23.1. The molecule has 1 saturated heterocycles. The minimum atomic E-state index is -0.481. The molecule has 9 heteroatoms. The fourth-order valence-corrected chi connectivity index (χ4v) is 3.55. The molecule has 2 aromatic rings. The third-order valence-corrected chi connectivity index (χ3v) is 5.15. The number of nitrogens with zero attached hydrogens (tertiary/aromatic N) is 2. The van der Waals surface area contributed by atoms with E-state index in [9.17, 15) is 14.4 Å². The van der Waals surface area contributed by atoms with Gasteiger partial charge in [0.15, 0.2) is 11.5 Å². The molecule has 9 nitrogen and oxygen atoms in total. The van der Waals surface area contributed by atoms with Gasteiger partial charge in [0.2, 0.25) is 11.8 Å². The van der Waals surface area contributed by atoms with Crippen LogP contribution < -0.4 is 20.1 Å². The second-order valence-electron chi connectivity index (χ2n) is 7.29. The van der Waals surface area contributed by atoms with E-state index in [1.165, 1.54) is 4.90 Å². The highest BCUT2D eigenvalue weighted by atomic mass is 16.5. The third kappa shape index (κ3) is 5.75. The van der Waals surface area contributed by atoms with Crippen LogP contribution in [0.3, 0.4) is 0 Å². The molecule has 32 heavy (non-hydrogen) atoms. The van der Waals surface area contributed by atoms with E-state index < -0.39 is 11.9 Å². The summed E-state index contributed by atoms with van der Waals surface area (Å²) in [5, 5.41) is 5.21. The number of likely N-dealkylation sites (N-methyl/N-ethyl adjacent to an activating group) is 1. The number of rotatable bonds is 9. The van der Waals surface area contributed by atoms with Crippen LogP contribution in [-0.2, 0) is 16.2 Å². The Morgan fingerprint density at radius 1 is 1.19 bits per heavy atom. The number of aromatic nitrogens is 1. The number of ether oxygens (including phenoxy) is 2. The van der Waals surface area contributed by atoms with Gasteiger partial charge in [0.25, 0.3) is 5.91 Å². The topological polar surface area (TPSA) is 110 Å². The molecule has 0 aliphatic carbocycles. The Hall–Kier alpha value is -3.62. The van der Waals surface area contributed by atoms with Gasteiger partial charge in [-0.05, 0) is 44.0 Å². The first-order valence-electron chi connectivity index (χ1n) is 10.6. The Morgan fingerprint density at radius 3 is 2.75 bits per heavy atom. The SMILES string of the molecule is CCOc1cc(C(=O)NCC(=O)N2CCCC2C(=O)NC)ccc1OCc1cccnc1. The smallest absolute Gasteiger partial charge is 0.251 e. The molecule has 0 saturated carbocycles. The number of carbonyl (C=O) groups is 3. The number of carbonyl (C=O) groups excluding carboxylic acids is 3. The lowest BCUT2D eigenvalue weighted by atomic mass is 10.2. The Balaban J connectivity index is 1.61. The molecule has 1 aromatic carbocycles. The van der Waals surface area contributed by atoms with Crippen LogP contribution in [0.15, 0.2) is 42.7 Å². The fourth-order valence-electron chi connectivity index (χ4n) is 3.55. The van der Waals surface area contributed by atoms with E-state index in [1.807, 2.05) is 19.1 Å². The highest BCUT2D eigenvalue weighted by Gasteiger charge is 2.33. The van der Waals surface area contributed by atoms with E-state index in [2.05, 4.69) is 15.6 Å². The van der Waals surface area contributed by atoms with Gasteiger partial charge in [-0.2, -0.15) is 0 Å². The van der Waals surface area contributed by atoms with Crippen molar-refractivity contribution >= 4 is 17.7 Å². The molecule has 3 rings (SSSR count). The molecule has 0 bridgehead atoms. The van der Waals surface area contributed by atoms with E-state index in [0.717, 1.165) is 12.0 Å². The summed E-state index contributed by atoms with van der Waals surface area (Å²) in [5.41, 5.74) is 1.26. The van der Waals surface area contributed by atoms with Gasteiger partial charge in [0.05, 0.1) is 13.2 Å². The van der Waals surface area contributed by atoms with Crippen molar-refractivity contribution in [2.24, 2.45) is 0 Å². The van der Waals surface area contributed by atoms with Crippen LogP contribution in [0.25, 0.3) is 0 Å². The van der Waals surface area contributed by atoms with Gasteiger partial charge < -0.3 is 25.0 Å². The fraction of sp³-hybridized carbons (Fsp3) is 0.391. The maximum Gasteiger partial charge on any atom is 0.251 e. The summed E-state index contributed by atoms with van der Waals surface area (Å²) in [6.07, 6.45) is 4.79. The van der Waals surface area contributed by atoms with Crippen LogP contribution in [0.4, 0.5) is 0 Å². The van der Waals surface area contributed by atoms with Gasteiger partial charge in [-0.3, -0.25) is 19.4 Å². The lowest BCUT2D eigenvalue weighted by Crippen LogP contribution is -2.48. The van der Waals surface area contributed by atoms with Gasteiger partial charge in [-0.1, -0.05) is 6.07 Å². The standard InChI is InChI=1S/C23H28N4O5/c1-3-31-20-12-17(8-9-19(20)32-15-16-6-4-10-25-13-16)22(29)26-14-21(28)27-11-5-7-18(27)23(30)24-2/h4,6,8-10,12-13,18H,3,5,7,11,14-15H2,1-2H3,(H,24,30)(H,26,29). The zero-order valence-electron chi connectivity index (χ0n) is 18.3. The van der Waals surface area contributed by atoms with Crippen molar-refractivity contribution < 1.29 is 23.9 Å². The highest BCUT2D eigenvalue weighted by molar-refractivity contribution is 5.97. The second-order valence-corrected chi connectivity index (χ2v) is 7.29. The van der Waals surface area contributed by atoms with Gasteiger partial charge in [-0.25, -0.2) is 0 Å². The van der Waals surface area contributed by atoms with E-state index in [0.29, 0.717) is 43.2 Å². The van der Waals surface area contributed by atoms with Crippen molar-refractivity contribution in [2.45, 2.75) is 32.4 Å². The van der Waals surface area contributed by atoms with Crippen molar-refractivity contribution in [3.05, 3.63) is 53.9 Å². The lowest BCUT2D eigenvalue weighted by molar-refractivity contribution is -0.137. The largest absolute Gasteiger partial charge is 0.490 e. The molecule has 2 heterocycles. The maximum absolute atomic E-state index is 12.6. The van der Waals surface area contributed by atoms with E-state index in [1.54, 1.807) is 37.6 Å². The third-order valence-electron chi connectivity index (χ3n) is 5.15. The van der Waals surface area contributed by atoms with Gasteiger partial charge >= 0.3 is 0 Å². The van der Waals surface area contributed by atoms with Gasteiger partial charge in [0, 0.05) is 37.1 Å². The molecule has 1 unspecified atom stereocenters. The number of likely N-dealkylation sites (tertiary alicyclic amines) is 1. The summed E-state index contributed by atoms with van der Waals surface area (Å²) >= 11 is 0. The first-order chi connectivity index (χ1) is 15.5. The van der Waals surface area contributed by atoms with Crippen molar-refractivity contribution in [1.29, 1.82) is 0 Å². The van der Waals surface area contributed by atoms with Gasteiger partial charge in [-0.15, -0.1) is 0 Å². The van der Waals surface area contributed by atoms with Crippen LogP contribution >= 0.6 is 0 Å². The molecule has 1 aliphatic heterocycles. The Kier molecular flexibility index (Phi) is 8.02. The molecular weight excluding hydrogens is 412 g/mol. The van der Waals surface area contributed by atoms with Crippen molar-refractivity contribution in [3.63, 3.8) is 0 Å². The lowest BCUT2D eigenvalue weighted by Gasteiger charge is -2.23. The Labute approximate surface area is 187 Å². The monoisotopic (exact) mass is 440 g/mol. The average Bonchev–Trinajstić information content (AvgIpc) is 3.32. The molecule has 3 amide bonds. The zero-order valence-corrected chi connectivity index (χ0v) is 18.3. The van der Waals surface area contributed by atoms with Crippen LogP contribution in [0, 0.1) is 0 Å². The van der Waals surface area contributed by atoms with Crippen LogP contribution in [-0.4, -0.2) is 60.4 Å². The predicted molar refractivity (Wildman–Crippen MR) is 117 cm³/mol. The minimum absolute atomic E-state index is 0.185. The molecule has 1 atom stereocenters. The molecule has 0 spiro atoms. The van der Waals surface area contributed by atoms with Crippen molar-refractivity contribution in [1.82, 2.24) is 20.5 Å². The van der Waals surface area contributed by atoms with Gasteiger partial charge in [0.1, 0.15) is 12.6 Å². The summed E-state index contributed by atoms with van der Waals surface area (Å²) in [5.74, 6) is 0.0634. The second kappa shape index (κ2) is 11.1. The summed E-state index contributed by atoms with van der Waals surface area (Å²) in [6, 6.07) is 8.12. The van der Waals surface area contributed by atoms with E-state index >= 15 is 0 Å².